The Morgan fingerprint density at radius 1 is 0.925 bits per heavy atom. The normalized spacial score (nSPS) is 14.3. The van der Waals surface area contributed by atoms with Gasteiger partial charge in [0, 0.05) is 16.0 Å². The Hall–Kier alpha value is -3.64. The highest BCUT2D eigenvalue weighted by Crippen LogP contribution is 2.44. The molecule has 0 bridgehead atoms. The van der Waals surface area contributed by atoms with E-state index in [2.05, 4.69) is 4.57 Å². The number of fused-ring (bicyclic) bond motifs is 1. The van der Waals surface area contributed by atoms with Crippen molar-refractivity contribution in [2.75, 3.05) is 7.11 Å². The van der Waals surface area contributed by atoms with E-state index in [1.807, 2.05) is 72.8 Å². The molecule has 5 nitrogen and oxygen atoms in total. The molecular weight excluding hydrogens is 543 g/mol. The van der Waals surface area contributed by atoms with Crippen molar-refractivity contribution in [3.63, 3.8) is 0 Å². The standard InChI is InChI=1S/C33H28Cl2N2O3/c1-40-32(39)33(23-9-14-26(34)15-10-23,24-11-16-27(35)17-12-24)25-13-18-28-29(19-25)37(31(36-28)22-7-8-22)20-30(38)21-5-3-2-4-6-21/h2-6,9-19,22,30,38H,7-8,20H2,1H3/t30-/m0/s1. The zero-order chi connectivity index (χ0) is 27.9. The molecule has 1 aromatic heterocycles. The molecule has 0 unspecified atom stereocenters. The molecule has 1 atom stereocenters. The summed E-state index contributed by atoms with van der Waals surface area (Å²) in [5.41, 5.74) is 3.35. The number of nitrogens with zero attached hydrogens (tertiary/aromatic N) is 2. The summed E-state index contributed by atoms with van der Waals surface area (Å²) in [5, 5.41) is 12.3. The zero-order valence-electron chi connectivity index (χ0n) is 21.9. The third-order valence-electron chi connectivity index (χ3n) is 7.74. The highest BCUT2D eigenvalue weighted by molar-refractivity contribution is 6.30. The van der Waals surface area contributed by atoms with Gasteiger partial charge in [0.25, 0.3) is 0 Å². The lowest BCUT2D eigenvalue weighted by atomic mass is 9.69. The number of aliphatic hydroxyl groups is 1. The number of aromatic nitrogens is 2. The second-order valence-corrected chi connectivity index (χ2v) is 11.1. The molecule has 202 valence electrons. The summed E-state index contributed by atoms with van der Waals surface area (Å²) in [7, 11) is 1.40. The molecule has 0 saturated heterocycles. The van der Waals surface area contributed by atoms with Crippen LogP contribution < -0.4 is 0 Å². The zero-order valence-corrected chi connectivity index (χ0v) is 23.4. The lowest BCUT2D eigenvalue weighted by Gasteiger charge is -2.33. The van der Waals surface area contributed by atoms with Crippen molar-refractivity contribution < 1.29 is 14.6 Å². The van der Waals surface area contributed by atoms with Crippen LogP contribution in [0.2, 0.25) is 10.0 Å². The highest BCUT2D eigenvalue weighted by atomic mass is 35.5. The van der Waals surface area contributed by atoms with Gasteiger partial charge in [-0.2, -0.15) is 0 Å². The summed E-state index contributed by atoms with van der Waals surface area (Å²) in [4.78, 5) is 18.9. The second-order valence-electron chi connectivity index (χ2n) is 10.2. The number of ether oxygens (including phenoxy) is 1. The molecule has 1 fully saturated rings. The van der Waals surface area contributed by atoms with E-state index in [9.17, 15) is 9.90 Å². The van der Waals surface area contributed by atoms with Gasteiger partial charge in [0.05, 0.1) is 30.8 Å². The summed E-state index contributed by atoms with van der Waals surface area (Å²) in [6.45, 7) is 0.350. The fourth-order valence-electron chi connectivity index (χ4n) is 5.58. The first-order valence-corrected chi connectivity index (χ1v) is 14.0. The Morgan fingerprint density at radius 3 is 2.05 bits per heavy atom. The minimum Gasteiger partial charge on any atom is -0.468 e. The lowest BCUT2D eigenvalue weighted by molar-refractivity contribution is -0.144. The van der Waals surface area contributed by atoms with Crippen LogP contribution in [0.25, 0.3) is 11.0 Å². The number of esters is 1. The molecule has 0 amide bonds. The number of rotatable bonds is 8. The van der Waals surface area contributed by atoms with Crippen LogP contribution in [0.5, 0.6) is 0 Å². The average Bonchev–Trinajstić information content (AvgIpc) is 3.77. The third-order valence-corrected chi connectivity index (χ3v) is 8.24. The molecule has 1 saturated carbocycles. The number of imidazole rings is 1. The Kier molecular flexibility index (Phi) is 7.13. The van der Waals surface area contributed by atoms with Gasteiger partial charge >= 0.3 is 5.97 Å². The van der Waals surface area contributed by atoms with Crippen molar-refractivity contribution in [2.45, 2.75) is 36.8 Å². The van der Waals surface area contributed by atoms with E-state index in [1.165, 1.54) is 7.11 Å². The molecule has 0 radical (unpaired) electrons. The van der Waals surface area contributed by atoms with Crippen LogP contribution >= 0.6 is 23.2 Å². The van der Waals surface area contributed by atoms with Crippen LogP contribution in [-0.4, -0.2) is 27.7 Å². The number of hydrogen-bond acceptors (Lipinski definition) is 4. The maximum atomic E-state index is 14.0. The van der Waals surface area contributed by atoms with E-state index < -0.39 is 17.5 Å². The van der Waals surface area contributed by atoms with E-state index in [0.717, 1.165) is 35.3 Å². The molecule has 0 aliphatic heterocycles. The van der Waals surface area contributed by atoms with Gasteiger partial charge < -0.3 is 14.4 Å². The number of halogens is 2. The van der Waals surface area contributed by atoms with Crippen molar-refractivity contribution in [3.05, 3.63) is 135 Å². The van der Waals surface area contributed by atoms with Gasteiger partial charge in [-0.1, -0.05) is 83.9 Å². The molecule has 5 aromatic rings. The van der Waals surface area contributed by atoms with Crippen molar-refractivity contribution in [1.82, 2.24) is 9.55 Å². The smallest absolute Gasteiger partial charge is 0.325 e. The molecule has 6 rings (SSSR count). The van der Waals surface area contributed by atoms with Crippen molar-refractivity contribution in [2.24, 2.45) is 0 Å². The number of aliphatic hydroxyl groups excluding tert-OH is 1. The van der Waals surface area contributed by atoms with Gasteiger partial charge in [0.1, 0.15) is 11.2 Å². The maximum Gasteiger partial charge on any atom is 0.325 e. The Labute approximate surface area is 243 Å². The summed E-state index contributed by atoms with van der Waals surface area (Å²) in [5.74, 6) is 0.884. The number of benzene rings is 4. The van der Waals surface area contributed by atoms with Gasteiger partial charge in [-0.05, 0) is 71.5 Å². The fraction of sp³-hybridized carbons (Fsp3) is 0.212. The summed E-state index contributed by atoms with van der Waals surface area (Å²) < 4.78 is 7.60. The SMILES string of the molecule is COC(=O)C(c1ccc(Cl)cc1)(c1ccc(Cl)cc1)c1ccc2nc(C3CC3)n(C[C@H](O)c3ccccc3)c2c1. The largest absolute Gasteiger partial charge is 0.468 e. The average molecular weight is 572 g/mol. The van der Waals surface area contributed by atoms with Gasteiger partial charge in [0.2, 0.25) is 0 Å². The predicted molar refractivity (Wildman–Crippen MR) is 158 cm³/mol. The monoisotopic (exact) mass is 570 g/mol. The van der Waals surface area contributed by atoms with Gasteiger partial charge in [0.15, 0.2) is 0 Å². The molecule has 4 aromatic carbocycles. The van der Waals surface area contributed by atoms with E-state index in [1.54, 1.807) is 24.3 Å². The topological polar surface area (TPSA) is 64.3 Å². The summed E-state index contributed by atoms with van der Waals surface area (Å²) >= 11 is 12.5. The molecule has 40 heavy (non-hydrogen) atoms. The fourth-order valence-corrected chi connectivity index (χ4v) is 5.83. The van der Waals surface area contributed by atoms with Gasteiger partial charge in [-0.3, -0.25) is 4.79 Å². The summed E-state index contributed by atoms with van der Waals surface area (Å²) in [6, 6.07) is 30.0. The molecule has 1 N–H and O–H groups in total. The lowest BCUT2D eigenvalue weighted by Crippen LogP contribution is -2.39. The molecule has 0 spiro atoms. The van der Waals surface area contributed by atoms with E-state index in [-0.39, 0.29) is 0 Å². The molecule has 1 heterocycles. The molecule has 1 aliphatic carbocycles. The Morgan fingerprint density at radius 2 is 1.50 bits per heavy atom. The van der Waals surface area contributed by atoms with Gasteiger partial charge in [-0.15, -0.1) is 0 Å². The third kappa shape index (κ3) is 4.68. The molecule has 1 aliphatic rings. The molecular formula is C33H28Cl2N2O3. The second kappa shape index (κ2) is 10.7. The number of hydrogen-bond donors (Lipinski definition) is 1. The maximum absolute atomic E-state index is 14.0. The predicted octanol–water partition coefficient (Wildman–Crippen LogP) is 7.46. The van der Waals surface area contributed by atoms with Crippen LogP contribution in [0, 0.1) is 0 Å². The number of methoxy groups -OCH3 is 1. The Bertz CT molecular complexity index is 1620. The van der Waals surface area contributed by atoms with E-state index in [0.29, 0.717) is 39.2 Å². The number of carbonyl (C=O) groups excluding carboxylic acids is 1. The van der Waals surface area contributed by atoms with Crippen LogP contribution in [0.15, 0.2) is 97.1 Å². The van der Waals surface area contributed by atoms with Crippen LogP contribution in [0.4, 0.5) is 0 Å². The highest BCUT2D eigenvalue weighted by Gasteiger charge is 2.45. The van der Waals surface area contributed by atoms with Crippen LogP contribution in [0.3, 0.4) is 0 Å². The van der Waals surface area contributed by atoms with Crippen LogP contribution in [0.1, 0.15) is 52.9 Å². The van der Waals surface area contributed by atoms with Crippen molar-refractivity contribution in [1.29, 1.82) is 0 Å². The summed E-state index contributed by atoms with van der Waals surface area (Å²) in [6.07, 6.45) is 1.43. The first-order chi connectivity index (χ1) is 19.4. The first kappa shape index (κ1) is 26.6. The first-order valence-electron chi connectivity index (χ1n) is 13.3. The molecule has 7 heteroatoms. The van der Waals surface area contributed by atoms with E-state index in [4.69, 9.17) is 32.9 Å². The number of carbonyl (C=O) groups is 1. The van der Waals surface area contributed by atoms with Crippen molar-refractivity contribution in [3.8, 4) is 0 Å². The minimum absolute atomic E-state index is 0.350. The van der Waals surface area contributed by atoms with Crippen molar-refractivity contribution >= 4 is 40.2 Å². The quantitative estimate of drug-likeness (QED) is 0.155. The van der Waals surface area contributed by atoms with Gasteiger partial charge in [-0.25, -0.2) is 4.98 Å². The minimum atomic E-state index is -1.30. The Balaban J connectivity index is 1.58. The van der Waals surface area contributed by atoms with E-state index >= 15 is 0 Å². The van der Waals surface area contributed by atoms with Crippen LogP contribution in [-0.2, 0) is 21.5 Å².